The molecule has 0 aliphatic carbocycles. The van der Waals surface area contributed by atoms with E-state index in [9.17, 15) is 4.79 Å². The third-order valence-electron chi connectivity index (χ3n) is 3.88. The second kappa shape index (κ2) is 8.17. The monoisotopic (exact) mass is 350 g/mol. The molecule has 1 fully saturated rings. The second-order valence-electron chi connectivity index (χ2n) is 5.77. The van der Waals surface area contributed by atoms with Crippen LogP contribution in [0.25, 0.3) is 5.69 Å². The van der Waals surface area contributed by atoms with Crippen LogP contribution in [0.2, 0.25) is 0 Å². The normalized spacial score (nSPS) is 16.8. The van der Waals surface area contributed by atoms with E-state index in [0.717, 1.165) is 18.5 Å². The van der Waals surface area contributed by atoms with E-state index in [1.807, 2.05) is 37.3 Å². The van der Waals surface area contributed by atoms with Gasteiger partial charge in [0, 0.05) is 19.1 Å². The minimum atomic E-state index is -0.112. The number of para-hydroxylation sites is 1. The Morgan fingerprint density at radius 3 is 2.75 bits per heavy atom. The number of rotatable bonds is 5. The zero-order valence-electron chi connectivity index (χ0n) is 13.7. The molecule has 6 nitrogen and oxygen atoms in total. The first-order valence-electron chi connectivity index (χ1n) is 8.01. The zero-order chi connectivity index (χ0) is 16.2. The molecule has 3 rings (SSSR count). The summed E-state index contributed by atoms with van der Waals surface area (Å²) in [6, 6.07) is 9.75. The van der Waals surface area contributed by atoms with Crippen LogP contribution in [0.3, 0.4) is 0 Å². The number of benzene rings is 1. The summed E-state index contributed by atoms with van der Waals surface area (Å²) < 4.78 is 7.42. The lowest BCUT2D eigenvalue weighted by atomic mass is 10.3. The Bertz CT molecular complexity index is 674. The van der Waals surface area contributed by atoms with Crippen molar-refractivity contribution in [2.24, 2.45) is 5.73 Å². The number of nitrogens with two attached hydrogens (primary N) is 1. The number of ether oxygens (including phenoxy) is 1. The van der Waals surface area contributed by atoms with Crippen LogP contribution in [0.1, 0.15) is 30.3 Å². The van der Waals surface area contributed by atoms with Gasteiger partial charge in [-0.05, 0) is 25.0 Å². The Hall–Kier alpha value is -2.05. The Labute approximate surface area is 148 Å². The smallest absolute Gasteiger partial charge is 0.278 e. The number of nitrogens with zero attached hydrogens (tertiary/aromatic N) is 3. The summed E-state index contributed by atoms with van der Waals surface area (Å²) in [7, 11) is 0. The van der Waals surface area contributed by atoms with Crippen molar-refractivity contribution in [3.63, 3.8) is 0 Å². The highest BCUT2D eigenvalue weighted by Gasteiger charge is 2.29. The molecule has 1 aliphatic rings. The topological polar surface area (TPSA) is 73.4 Å². The van der Waals surface area contributed by atoms with Crippen LogP contribution in [0.5, 0.6) is 5.75 Å². The van der Waals surface area contributed by atoms with Crippen molar-refractivity contribution in [3.05, 3.63) is 42.2 Å². The molecule has 0 spiro atoms. The summed E-state index contributed by atoms with van der Waals surface area (Å²) in [5, 5.41) is 4.46. The molecule has 1 saturated heterocycles. The maximum atomic E-state index is 12.7. The molecule has 0 saturated carbocycles. The highest BCUT2D eigenvalue weighted by Crippen LogP contribution is 2.23. The number of halogens is 1. The fourth-order valence-corrected chi connectivity index (χ4v) is 2.66. The Morgan fingerprint density at radius 2 is 2.12 bits per heavy atom. The Morgan fingerprint density at radius 1 is 1.38 bits per heavy atom. The SMILES string of the molecule is CCCOc1cn(-c2ccccc2)nc1C(=O)N1CC[C@@H](N)C1.Cl. The van der Waals surface area contributed by atoms with Gasteiger partial charge in [0.25, 0.3) is 5.91 Å². The number of likely N-dealkylation sites (tertiary alicyclic amines) is 1. The van der Waals surface area contributed by atoms with Crippen molar-refractivity contribution in [1.82, 2.24) is 14.7 Å². The van der Waals surface area contributed by atoms with Crippen molar-refractivity contribution in [2.45, 2.75) is 25.8 Å². The number of hydrogen-bond acceptors (Lipinski definition) is 4. The van der Waals surface area contributed by atoms with Gasteiger partial charge >= 0.3 is 0 Å². The molecule has 2 aromatic rings. The molecule has 2 heterocycles. The van der Waals surface area contributed by atoms with E-state index >= 15 is 0 Å². The lowest BCUT2D eigenvalue weighted by Crippen LogP contribution is -2.32. The molecule has 2 N–H and O–H groups in total. The highest BCUT2D eigenvalue weighted by atomic mass is 35.5. The lowest BCUT2D eigenvalue weighted by molar-refractivity contribution is 0.0780. The van der Waals surface area contributed by atoms with E-state index in [-0.39, 0.29) is 24.4 Å². The van der Waals surface area contributed by atoms with Crippen LogP contribution >= 0.6 is 12.4 Å². The van der Waals surface area contributed by atoms with Crippen LogP contribution < -0.4 is 10.5 Å². The maximum Gasteiger partial charge on any atom is 0.278 e. The molecule has 0 unspecified atom stereocenters. The molecule has 0 radical (unpaired) electrons. The fourth-order valence-electron chi connectivity index (χ4n) is 2.66. The average Bonchev–Trinajstić information content (AvgIpc) is 3.19. The van der Waals surface area contributed by atoms with Crippen molar-refractivity contribution in [1.29, 1.82) is 0 Å². The summed E-state index contributed by atoms with van der Waals surface area (Å²) in [6.07, 6.45) is 3.48. The summed E-state index contributed by atoms with van der Waals surface area (Å²) in [6.45, 7) is 3.83. The van der Waals surface area contributed by atoms with E-state index in [0.29, 0.717) is 31.1 Å². The zero-order valence-corrected chi connectivity index (χ0v) is 14.5. The molecule has 1 amide bonds. The highest BCUT2D eigenvalue weighted by molar-refractivity contribution is 5.95. The van der Waals surface area contributed by atoms with E-state index in [4.69, 9.17) is 10.5 Å². The third-order valence-corrected chi connectivity index (χ3v) is 3.88. The molecule has 0 bridgehead atoms. The predicted molar refractivity (Wildman–Crippen MR) is 95.1 cm³/mol. The van der Waals surface area contributed by atoms with Gasteiger partial charge in [0.1, 0.15) is 0 Å². The summed E-state index contributed by atoms with van der Waals surface area (Å²) in [5.74, 6) is 0.417. The average molecular weight is 351 g/mol. The van der Waals surface area contributed by atoms with Crippen molar-refractivity contribution < 1.29 is 9.53 Å². The van der Waals surface area contributed by atoms with Crippen LogP contribution in [0.15, 0.2) is 36.5 Å². The summed E-state index contributed by atoms with van der Waals surface area (Å²) in [4.78, 5) is 14.5. The molecule has 1 aromatic carbocycles. The van der Waals surface area contributed by atoms with Gasteiger partial charge in [0.2, 0.25) is 0 Å². The molecule has 7 heteroatoms. The van der Waals surface area contributed by atoms with Gasteiger partial charge in [-0.2, -0.15) is 5.10 Å². The second-order valence-corrected chi connectivity index (χ2v) is 5.77. The number of aromatic nitrogens is 2. The van der Waals surface area contributed by atoms with E-state index in [1.54, 1.807) is 15.8 Å². The minimum Gasteiger partial charge on any atom is -0.489 e. The summed E-state index contributed by atoms with van der Waals surface area (Å²) >= 11 is 0. The van der Waals surface area contributed by atoms with Gasteiger partial charge in [0.15, 0.2) is 11.4 Å². The number of hydrogen-bond donors (Lipinski definition) is 1. The molecule has 24 heavy (non-hydrogen) atoms. The van der Waals surface area contributed by atoms with Crippen molar-refractivity contribution in [3.8, 4) is 11.4 Å². The fraction of sp³-hybridized carbons (Fsp3) is 0.412. The first-order chi connectivity index (χ1) is 11.2. The molecule has 1 aliphatic heterocycles. The van der Waals surface area contributed by atoms with Crippen LogP contribution in [0, 0.1) is 0 Å². The number of carbonyl (C=O) groups is 1. The van der Waals surface area contributed by atoms with Gasteiger partial charge in [-0.15, -0.1) is 12.4 Å². The lowest BCUT2D eigenvalue weighted by Gasteiger charge is -2.15. The molecular weight excluding hydrogens is 328 g/mol. The minimum absolute atomic E-state index is 0. The maximum absolute atomic E-state index is 12.7. The van der Waals surface area contributed by atoms with E-state index in [2.05, 4.69) is 5.10 Å². The van der Waals surface area contributed by atoms with E-state index < -0.39 is 0 Å². The third kappa shape index (κ3) is 3.88. The Balaban J connectivity index is 0.00000208. The Kier molecular flexibility index (Phi) is 6.23. The first-order valence-corrected chi connectivity index (χ1v) is 8.01. The number of carbonyl (C=O) groups excluding carboxylic acids is 1. The van der Waals surface area contributed by atoms with Gasteiger partial charge in [-0.1, -0.05) is 25.1 Å². The van der Waals surface area contributed by atoms with Gasteiger partial charge in [-0.25, -0.2) is 4.68 Å². The standard InChI is InChI=1S/C17H22N4O2.ClH/c1-2-10-23-15-12-21(14-6-4-3-5-7-14)19-16(15)17(22)20-9-8-13(18)11-20;/h3-7,12-13H,2,8-11,18H2,1H3;1H/t13-;/m1./s1. The quantitative estimate of drug-likeness (QED) is 0.897. The first kappa shape index (κ1) is 18.3. The van der Waals surface area contributed by atoms with Crippen molar-refractivity contribution >= 4 is 18.3 Å². The van der Waals surface area contributed by atoms with Gasteiger partial charge < -0.3 is 15.4 Å². The molecule has 1 atom stereocenters. The van der Waals surface area contributed by atoms with Gasteiger partial charge in [0.05, 0.1) is 18.5 Å². The van der Waals surface area contributed by atoms with E-state index in [1.165, 1.54) is 0 Å². The number of amides is 1. The molecule has 130 valence electrons. The van der Waals surface area contributed by atoms with Crippen LogP contribution in [-0.2, 0) is 0 Å². The molecule has 1 aromatic heterocycles. The predicted octanol–water partition coefficient (Wildman–Crippen LogP) is 2.26. The van der Waals surface area contributed by atoms with Crippen LogP contribution in [0.4, 0.5) is 0 Å². The van der Waals surface area contributed by atoms with Crippen molar-refractivity contribution in [2.75, 3.05) is 19.7 Å². The largest absolute Gasteiger partial charge is 0.489 e. The van der Waals surface area contributed by atoms with Crippen LogP contribution in [-0.4, -0.2) is 46.3 Å². The summed E-state index contributed by atoms with van der Waals surface area (Å²) in [5.41, 5.74) is 7.16. The van der Waals surface area contributed by atoms with Gasteiger partial charge in [-0.3, -0.25) is 4.79 Å². The molecular formula is C17H23ClN4O2.